The van der Waals surface area contributed by atoms with Crippen LogP contribution in [0.15, 0.2) is 11.6 Å². The second kappa shape index (κ2) is 11.3. The minimum atomic E-state index is -0.367. The van der Waals surface area contributed by atoms with Crippen molar-refractivity contribution in [2.45, 2.75) is 98.7 Å². The van der Waals surface area contributed by atoms with E-state index in [0.29, 0.717) is 5.92 Å². The fourth-order valence-corrected chi connectivity index (χ4v) is 3.30. The van der Waals surface area contributed by atoms with E-state index in [-0.39, 0.29) is 5.79 Å². The number of ether oxygens (including phenoxy) is 2. The molecule has 0 aromatic rings. The van der Waals surface area contributed by atoms with E-state index in [1.807, 2.05) is 0 Å². The van der Waals surface area contributed by atoms with Crippen molar-refractivity contribution in [3.05, 3.63) is 11.6 Å². The van der Waals surface area contributed by atoms with Gasteiger partial charge in [0.25, 0.3) is 0 Å². The van der Waals surface area contributed by atoms with Gasteiger partial charge < -0.3 is 9.47 Å². The molecule has 0 unspecified atom stereocenters. The van der Waals surface area contributed by atoms with Gasteiger partial charge in [-0.3, -0.25) is 0 Å². The van der Waals surface area contributed by atoms with E-state index < -0.39 is 0 Å². The summed E-state index contributed by atoms with van der Waals surface area (Å²) in [6.45, 7) is 15.2. The molecule has 142 valence electrons. The van der Waals surface area contributed by atoms with Crippen molar-refractivity contribution >= 4 is 0 Å². The van der Waals surface area contributed by atoms with Gasteiger partial charge in [-0.1, -0.05) is 65.0 Å². The summed E-state index contributed by atoms with van der Waals surface area (Å²) < 4.78 is 11.7. The molecule has 1 atom stereocenters. The predicted molar refractivity (Wildman–Crippen MR) is 104 cm³/mol. The van der Waals surface area contributed by atoms with Gasteiger partial charge in [-0.15, -0.1) is 0 Å². The molecule has 1 saturated heterocycles. The Balaban J connectivity index is 2.11. The third-order valence-corrected chi connectivity index (χ3v) is 5.18. The smallest absolute Gasteiger partial charge is 0.165 e. The molecule has 0 bridgehead atoms. The third-order valence-electron chi connectivity index (χ3n) is 5.18. The van der Waals surface area contributed by atoms with Crippen LogP contribution in [0.1, 0.15) is 92.9 Å². The Morgan fingerprint density at radius 3 is 2.33 bits per heavy atom. The molecule has 0 aromatic carbocycles. The quantitative estimate of drug-likeness (QED) is 0.388. The van der Waals surface area contributed by atoms with Crippen LogP contribution < -0.4 is 0 Å². The van der Waals surface area contributed by atoms with Gasteiger partial charge in [-0.2, -0.15) is 0 Å². The summed E-state index contributed by atoms with van der Waals surface area (Å²) in [7, 11) is 0. The molecule has 1 rings (SSSR count). The molecule has 0 saturated carbocycles. The summed E-state index contributed by atoms with van der Waals surface area (Å²) in [6.07, 6.45) is 12.5. The Labute approximate surface area is 151 Å². The van der Waals surface area contributed by atoms with Crippen LogP contribution in [0.2, 0.25) is 0 Å². The molecular formula is C22H42O2. The number of allylic oxidation sites excluding steroid dienone is 2. The molecule has 0 N–H and O–H groups in total. The molecule has 2 nitrogen and oxygen atoms in total. The molecule has 1 aliphatic heterocycles. The second-order valence-corrected chi connectivity index (χ2v) is 8.77. The summed E-state index contributed by atoms with van der Waals surface area (Å²) in [4.78, 5) is 0. The lowest BCUT2D eigenvalue weighted by Gasteiger charge is -2.36. The first-order valence-electron chi connectivity index (χ1n) is 10.2. The highest BCUT2D eigenvalue weighted by molar-refractivity contribution is 4.98. The number of hydrogen-bond donors (Lipinski definition) is 0. The molecule has 1 aliphatic rings. The zero-order chi connectivity index (χ0) is 18.0. The third kappa shape index (κ3) is 9.84. The highest BCUT2D eigenvalue weighted by Gasteiger charge is 2.30. The van der Waals surface area contributed by atoms with Crippen molar-refractivity contribution in [1.82, 2.24) is 0 Å². The van der Waals surface area contributed by atoms with E-state index in [4.69, 9.17) is 9.47 Å². The van der Waals surface area contributed by atoms with E-state index in [1.165, 1.54) is 44.1 Å². The summed E-state index contributed by atoms with van der Waals surface area (Å²) in [5.41, 5.74) is 1.53. The standard InChI is InChI=1S/C22H42O2/c1-18(2)10-7-11-19(3)12-8-13-20(4)14-9-15-22(6)23-16-21(5)17-24-22/h14,18-19,21H,7-13,15-17H2,1-6H3/b20-14-/t19-,21?,22?/m1/s1. The highest BCUT2D eigenvalue weighted by atomic mass is 16.7. The van der Waals surface area contributed by atoms with Gasteiger partial charge in [0.1, 0.15) is 0 Å². The highest BCUT2D eigenvalue weighted by Crippen LogP contribution is 2.26. The minimum absolute atomic E-state index is 0.367. The summed E-state index contributed by atoms with van der Waals surface area (Å²) in [5.74, 6) is 1.89. The first-order chi connectivity index (χ1) is 11.3. The lowest BCUT2D eigenvalue weighted by molar-refractivity contribution is -0.273. The van der Waals surface area contributed by atoms with Crippen LogP contribution in [0.3, 0.4) is 0 Å². The molecule has 0 amide bonds. The van der Waals surface area contributed by atoms with E-state index in [0.717, 1.165) is 37.9 Å². The van der Waals surface area contributed by atoms with Gasteiger partial charge >= 0.3 is 0 Å². The van der Waals surface area contributed by atoms with Gasteiger partial charge in [0.05, 0.1) is 13.2 Å². The lowest BCUT2D eigenvalue weighted by atomic mass is 9.94. The van der Waals surface area contributed by atoms with Crippen LogP contribution in [0.25, 0.3) is 0 Å². The van der Waals surface area contributed by atoms with Crippen LogP contribution in [0.4, 0.5) is 0 Å². The Morgan fingerprint density at radius 2 is 1.71 bits per heavy atom. The molecule has 1 heterocycles. The van der Waals surface area contributed by atoms with Gasteiger partial charge in [-0.25, -0.2) is 0 Å². The molecular weight excluding hydrogens is 296 g/mol. The zero-order valence-electron chi connectivity index (χ0n) is 17.2. The van der Waals surface area contributed by atoms with Gasteiger partial charge in [0.15, 0.2) is 5.79 Å². The Morgan fingerprint density at radius 1 is 1.08 bits per heavy atom. The lowest BCUT2D eigenvalue weighted by Crippen LogP contribution is -2.40. The predicted octanol–water partition coefficient (Wildman–Crippen LogP) is 6.74. The molecule has 0 aromatic heterocycles. The van der Waals surface area contributed by atoms with Gasteiger partial charge in [0.2, 0.25) is 0 Å². The largest absolute Gasteiger partial charge is 0.350 e. The maximum Gasteiger partial charge on any atom is 0.165 e. The topological polar surface area (TPSA) is 18.5 Å². The summed E-state index contributed by atoms with van der Waals surface area (Å²) in [6, 6.07) is 0. The Kier molecular flexibility index (Phi) is 10.2. The van der Waals surface area contributed by atoms with Gasteiger partial charge in [0, 0.05) is 12.3 Å². The van der Waals surface area contributed by atoms with Crippen LogP contribution in [0.5, 0.6) is 0 Å². The van der Waals surface area contributed by atoms with Crippen LogP contribution >= 0.6 is 0 Å². The average molecular weight is 339 g/mol. The Bertz CT molecular complexity index is 351. The SMILES string of the molecule is C/C(=C/CCC1(C)OCC(C)CO1)CCC[C@H](C)CCCC(C)C. The minimum Gasteiger partial charge on any atom is -0.350 e. The van der Waals surface area contributed by atoms with Crippen molar-refractivity contribution in [1.29, 1.82) is 0 Å². The normalized spacial score (nSPS) is 26.8. The maximum absolute atomic E-state index is 5.87. The van der Waals surface area contributed by atoms with Crippen LogP contribution in [-0.4, -0.2) is 19.0 Å². The molecule has 1 fully saturated rings. The molecule has 0 radical (unpaired) electrons. The molecule has 24 heavy (non-hydrogen) atoms. The van der Waals surface area contributed by atoms with E-state index in [9.17, 15) is 0 Å². The van der Waals surface area contributed by atoms with Crippen LogP contribution in [0, 0.1) is 17.8 Å². The second-order valence-electron chi connectivity index (χ2n) is 8.77. The van der Waals surface area contributed by atoms with Crippen molar-refractivity contribution in [2.75, 3.05) is 13.2 Å². The zero-order valence-corrected chi connectivity index (χ0v) is 17.2. The average Bonchev–Trinajstić information content (AvgIpc) is 2.50. The number of rotatable bonds is 11. The van der Waals surface area contributed by atoms with E-state index in [2.05, 4.69) is 47.6 Å². The first kappa shape index (κ1) is 21.7. The van der Waals surface area contributed by atoms with E-state index in [1.54, 1.807) is 0 Å². The fourth-order valence-electron chi connectivity index (χ4n) is 3.30. The number of hydrogen-bond acceptors (Lipinski definition) is 2. The van der Waals surface area contributed by atoms with Gasteiger partial charge in [-0.05, 0) is 44.9 Å². The van der Waals surface area contributed by atoms with E-state index >= 15 is 0 Å². The van der Waals surface area contributed by atoms with Crippen molar-refractivity contribution < 1.29 is 9.47 Å². The monoisotopic (exact) mass is 338 g/mol. The maximum atomic E-state index is 5.87. The van der Waals surface area contributed by atoms with Crippen molar-refractivity contribution in [3.8, 4) is 0 Å². The first-order valence-corrected chi connectivity index (χ1v) is 10.2. The summed E-state index contributed by atoms with van der Waals surface area (Å²) in [5, 5.41) is 0. The van der Waals surface area contributed by atoms with Crippen LogP contribution in [-0.2, 0) is 9.47 Å². The Hall–Kier alpha value is -0.340. The molecule has 2 heteroatoms. The summed E-state index contributed by atoms with van der Waals surface area (Å²) >= 11 is 0. The van der Waals surface area contributed by atoms with Crippen molar-refractivity contribution in [3.63, 3.8) is 0 Å². The van der Waals surface area contributed by atoms with Crippen molar-refractivity contribution in [2.24, 2.45) is 17.8 Å². The fraction of sp³-hybridized carbons (Fsp3) is 0.909. The molecule has 0 spiro atoms. The molecule has 0 aliphatic carbocycles.